The van der Waals surface area contributed by atoms with Gasteiger partial charge in [0.25, 0.3) is 0 Å². The first-order chi connectivity index (χ1) is 10.2. The van der Waals surface area contributed by atoms with Crippen molar-refractivity contribution in [2.75, 3.05) is 0 Å². The molecule has 0 aromatic heterocycles. The molecule has 0 unspecified atom stereocenters. The fraction of sp³-hybridized carbons (Fsp3) is 0.600. The van der Waals surface area contributed by atoms with Gasteiger partial charge in [-0.25, -0.2) is 4.39 Å². The number of rotatable bonds is 4. The fourth-order valence-corrected chi connectivity index (χ4v) is 4.03. The Bertz CT molecular complexity index is 507. The molecule has 2 aliphatic carbocycles. The van der Waals surface area contributed by atoms with Crippen LogP contribution in [-0.4, -0.2) is 0 Å². The van der Waals surface area contributed by atoms with Gasteiger partial charge in [0.2, 0.25) is 0 Å². The SMILES string of the molecule is CCC1CCC(CCC2=Cc3cc(F)ccc3CC2)CC1. The highest BCUT2D eigenvalue weighted by molar-refractivity contribution is 5.59. The second kappa shape index (κ2) is 6.77. The molecule has 0 N–H and O–H groups in total. The van der Waals surface area contributed by atoms with Gasteiger partial charge in [0.05, 0.1) is 0 Å². The molecule has 0 heterocycles. The maximum absolute atomic E-state index is 13.3. The topological polar surface area (TPSA) is 0 Å². The van der Waals surface area contributed by atoms with Gasteiger partial charge < -0.3 is 0 Å². The summed E-state index contributed by atoms with van der Waals surface area (Å²) in [7, 11) is 0. The normalized spacial score (nSPS) is 25.3. The average Bonchev–Trinajstić information content (AvgIpc) is 2.53. The Balaban J connectivity index is 1.54. The number of fused-ring (bicyclic) bond motifs is 1. The molecule has 0 radical (unpaired) electrons. The molecule has 1 heteroatoms. The quantitative estimate of drug-likeness (QED) is 0.622. The molecule has 0 saturated heterocycles. The molecule has 0 atom stereocenters. The second-order valence-corrected chi connectivity index (χ2v) is 6.98. The van der Waals surface area contributed by atoms with Crippen molar-refractivity contribution in [1.29, 1.82) is 0 Å². The van der Waals surface area contributed by atoms with Crippen molar-refractivity contribution in [3.63, 3.8) is 0 Å². The lowest BCUT2D eigenvalue weighted by Gasteiger charge is -2.28. The van der Waals surface area contributed by atoms with E-state index in [4.69, 9.17) is 0 Å². The summed E-state index contributed by atoms with van der Waals surface area (Å²) in [5, 5.41) is 0. The zero-order chi connectivity index (χ0) is 14.7. The van der Waals surface area contributed by atoms with Gasteiger partial charge in [-0.05, 0) is 60.8 Å². The smallest absolute Gasteiger partial charge is 0.123 e. The molecular formula is C20H27F. The van der Waals surface area contributed by atoms with E-state index in [0.717, 1.165) is 23.8 Å². The Kier molecular flexibility index (Phi) is 4.77. The Morgan fingerprint density at radius 2 is 1.81 bits per heavy atom. The number of hydrogen-bond acceptors (Lipinski definition) is 0. The zero-order valence-electron chi connectivity index (χ0n) is 13.2. The van der Waals surface area contributed by atoms with Gasteiger partial charge in [0.15, 0.2) is 0 Å². The van der Waals surface area contributed by atoms with Crippen LogP contribution < -0.4 is 0 Å². The summed E-state index contributed by atoms with van der Waals surface area (Å²) in [6.07, 6.45) is 14.2. The minimum atomic E-state index is -0.107. The molecule has 114 valence electrons. The van der Waals surface area contributed by atoms with Gasteiger partial charge in [-0.1, -0.05) is 56.7 Å². The third-order valence-corrected chi connectivity index (χ3v) is 5.60. The number of benzene rings is 1. The molecule has 1 aromatic rings. The summed E-state index contributed by atoms with van der Waals surface area (Å²) in [5.41, 5.74) is 3.96. The van der Waals surface area contributed by atoms with E-state index in [1.165, 1.54) is 62.5 Å². The van der Waals surface area contributed by atoms with Crippen molar-refractivity contribution in [2.45, 2.75) is 64.7 Å². The van der Waals surface area contributed by atoms with Crippen LogP contribution >= 0.6 is 0 Å². The lowest BCUT2D eigenvalue weighted by Crippen LogP contribution is -2.14. The van der Waals surface area contributed by atoms with Crippen LogP contribution in [0.5, 0.6) is 0 Å². The molecule has 0 aliphatic heterocycles. The monoisotopic (exact) mass is 286 g/mol. The first kappa shape index (κ1) is 14.8. The highest BCUT2D eigenvalue weighted by Gasteiger charge is 2.20. The third kappa shape index (κ3) is 3.75. The summed E-state index contributed by atoms with van der Waals surface area (Å²) in [6, 6.07) is 5.23. The van der Waals surface area contributed by atoms with Gasteiger partial charge in [-0.15, -0.1) is 0 Å². The molecule has 0 spiro atoms. The summed E-state index contributed by atoms with van der Waals surface area (Å²) in [5.74, 6) is 1.82. The van der Waals surface area contributed by atoms with Crippen molar-refractivity contribution in [1.82, 2.24) is 0 Å². The van der Waals surface area contributed by atoms with E-state index in [-0.39, 0.29) is 5.82 Å². The maximum Gasteiger partial charge on any atom is 0.123 e. The Labute approximate surface area is 128 Å². The maximum atomic E-state index is 13.3. The van der Waals surface area contributed by atoms with Crippen LogP contribution in [0.3, 0.4) is 0 Å². The third-order valence-electron chi connectivity index (χ3n) is 5.60. The Hall–Kier alpha value is -1.11. The van der Waals surface area contributed by atoms with Crippen molar-refractivity contribution in [2.24, 2.45) is 11.8 Å². The van der Waals surface area contributed by atoms with Gasteiger partial charge in [-0.2, -0.15) is 0 Å². The Morgan fingerprint density at radius 1 is 1.05 bits per heavy atom. The van der Waals surface area contributed by atoms with E-state index >= 15 is 0 Å². The molecule has 0 amide bonds. The number of aryl methyl sites for hydroxylation is 1. The lowest BCUT2D eigenvalue weighted by atomic mass is 9.78. The van der Waals surface area contributed by atoms with Crippen molar-refractivity contribution >= 4 is 6.08 Å². The van der Waals surface area contributed by atoms with Crippen LogP contribution in [-0.2, 0) is 6.42 Å². The van der Waals surface area contributed by atoms with Crippen LogP contribution in [0.25, 0.3) is 6.08 Å². The standard InChI is InChI=1S/C20H27F/c1-2-15-3-5-16(6-4-15)7-8-17-9-10-18-11-12-20(21)14-19(18)13-17/h11-16H,2-10H2,1H3. The molecule has 1 saturated carbocycles. The van der Waals surface area contributed by atoms with Crippen molar-refractivity contribution in [3.05, 3.63) is 40.7 Å². The predicted molar refractivity (Wildman–Crippen MR) is 87.7 cm³/mol. The summed E-state index contributed by atoms with van der Waals surface area (Å²) in [4.78, 5) is 0. The molecule has 0 bridgehead atoms. The Morgan fingerprint density at radius 3 is 2.57 bits per heavy atom. The van der Waals surface area contributed by atoms with E-state index in [1.54, 1.807) is 12.1 Å². The molecule has 3 rings (SSSR count). The van der Waals surface area contributed by atoms with Crippen LogP contribution in [0.4, 0.5) is 4.39 Å². The minimum Gasteiger partial charge on any atom is -0.207 e. The lowest BCUT2D eigenvalue weighted by molar-refractivity contribution is 0.258. The molecule has 1 aromatic carbocycles. The van der Waals surface area contributed by atoms with Crippen LogP contribution in [0.1, 0.15) is 69.4 Å². The predicted octanol–water partition coefficient (Wildman–Crippen LogP) is 6.15. The molecule has 1 fully saturated rings. The van der Waals surface area contributed by atoms with Crippen molar-refractivity contribution < 1.29 is 4.39 Å². The molecular weight excluding hydrogens is 259 g/mol. The van der Waals surface area contributed by atoms with Crippen LogP contribution in [0.2, 0.25) is 0 Å². The number of allylic oxidation sites excluding steroid dienone is 1. The van der Waals surface area contributed by atoms with Gasteiger partial charge in [-0.3, -0.25) is 0 Å². The highest BCUT2D eigenvalue weighted by atomic mass is 19.1. The molecule has 2 aliphatic rings. The fourth-order valence-electron chi connectivity index (χ4n) is 4.03. The van der Waals surface area contributed by atoms with E-state index in [0.29, 0.717) is 0 Å². The second-order valence-electron chi connectivity index (χ2n) is 6.98. The molecule has 21 heavy (non-hydrogen) atoms. The first-order valence-electron chi connectivity index (χ1n) is 8.72. The first-order valence-corrected chi connectivity index (χ1v) is 8.72. The van der Waals surface area contributed by atoms with Gasteiger partial charge >= 0.3 is 0 Å². The van der Waals surface area contributed by atoms with E-state index in [2.05, 4.69) is 13.0 Å². The number of halogens is 1. The summed E-state index contributed by atoms with van der Waals surface area (Å²) in [6.45, 7) is 2.33. The highest BCUT2D eigenvalue weighted by Crippen LogP contribution is 2.35. The summed E-state index contributed by atoms with van der Waals surface area (Å²) >= 11 is 0. The van der Waals surface area contributed by atoms with E-state index < -0.39 is 0 Å². The average molecular weight is 286 g/mol. The minimum absolute atomic E-state index is 0.107. The van der Waals surface area contributed by atoms with Crippen LogP contribution in [0, 0.1) is 17.7 Å². The van der Waals surface area contributed by atoms with Crippen molar-refractivity contribution in [3.8, 4) is 0 Å². The van der Waals surface area contributed by atoms with Crippen LogP contribution in [0.15, 0.2) is 23.8 Å². The largest absolute Gasteiger partial charge is 0.207 e. The van der Waals surface area contributed by atoms with E-state index in [1.807, 2.05) is 6.07 Å². The van der Waals surface area contributed by atoms with Gasteiger partial charge in [0, 0.05) is 0 Å². The zero-order valence-corrected chi connectivity index (χ0v) is 13.2. The summed E-state index contributed by atoms with van der Waals surface area (Å²) < 4.78 is 13.3. The van der Waals surface area contributed by atoms with E-state index in [9.17, 15) is 4.39 Å². The molecule has 0 nitrogen and oxygen atoms in total. The van der Waals surface area contributed by atoms with Gasteiger partial charge in [0.1, 0.15) is 5.82 Å². The number of hydrogen-bond donors (Lipinski definition) is 0.